The minimum atomic E-state index is -0.0376. The van der Waals surface area contributed by atoms with E-state index in [0.717, 1.165) is 0 Å². The highest BCUT2D eigenvalue weighted by Gasteiger charge is 2.12. The summed E-state index contributed by atoms with van der Waals surface area (Å²) in [5.41, 5.74) is 0.634. The molecule has 0 amide bonds. The van der Waals surface area contributed by atoms with Crippen molar-refractivity contribution in [3.8, 4) is 0 Å². The predicted molar refractivity (Wildman–Crippen MR) is 57.9 cm³/mol. The zero-order valence-corrected chi connectivity index (χ0v) is 9.35. The van der Waals surface area contributed by atoms with E-state index in [-0.39, 0.29) is 11.6 Å². The van der Waals surface area contributed by atoms with Crippen molar-refractivity contribution in [3.05, 3.63) is 22.4 Å². The summed E-state index contributed by atoms with van der Waals surface area (Å²) in [6, 6.07) is 0.210. The first kappa shape index (κ1) is 9.89. The Balaban J connectivity index is 2.90. The molecule has 0 aliphatic carbocycles. The molecule has 0 aliphatic rings. The van der Waals surface area contributed by atoms with Gasteiger partial charge in [-0.15, -0.1) is 0 Å². The highest BCUT2D eigenvalue weighted by atomic mass is 16.1. The van der Waals surface area contributed by atoms with Gasteiger partial charge in [-0.25, -0.2) is 9.67 Å². The maximum Gasteiger partial charge on any atom is 0.264 e. The van der Waals surface area contributed by atoms with E-state index in [1.165, 1.54) is 4.57 Å². The van der Waals surface area contributed by atoms with Crippen LogP contribution in [0.15, 0.2) is 11.0 Å². The van der Waals surface area contributed by atoms with E-state index in [0.29, 0.717) is 16.9 Å². The maximum absolute atomic E-state index is 11.9. The summed E-state index contributed by atoms with van der Waals surface area (Å²) < 4.78 is 3.30. The van der Waals surface area contributed by atoms with Crippen LogP contribution in [0.2, 0.25) is 0 Å². The number of rotatable bonds is 1. The Morgan fingerprint density at radius 2 is 2.07 bits per heavy atom. The van der Waals surface area contributed by atoms with Gasteiger partial charge in [-0.2, -0.15) is 5.10 Å². The molecule has 0 bridgehead atoms. The molecular formula is C10H14N4O. The third kappa shape index (κ3) is 1.35. The molecule has 0 saturated heterocycles. The highest BCUT2D eigenvalue weighted by Crippen LogP contribution is 2.12. The fourth-order valence-electron chi connectivity index (χ4n) is 1.55. The Kier molecular flexibility index (Phi) is 2.10. The molecule has 0 aliphatic heterocycles. The number of fused-ring (bicyclic) bond motifs is 1. The quantitative estimate of drug-likeness (QED) is 0.700. The van der Waals surface area contributed by atoms with Crippen LogP contribution in [0.1, 0.15) is 25.7 Å². The van der Waals surface area contributed by atoms with Crippen molar-refractivity contribution in [2.75, 3.05) is 0 Å². The summed E-state index contributed by atoms with van der Waals surface area (Å²) in [6.07, 6.45) is 1.59. The second-order valence-electron chi connectivity index (χ2n) is 3.94. The van der Waals surface area contributed by atoms with E-state index in [4.69, 9.17) is 0 Å². The number of hydrogen-bond donors (Lipinski definition) is 0. The van der Waals surface area contributed by atoms with Gasteiger partial charge in [-0.05, 0) is 20.8 Å². The van der Waals surface area contributed by atoms with Crippen molar-refractivity contribution in [1.29, 1.82) is 0 Å². The molecule has 5 heteroatoms. The van der Waals surface area contributed by atoms with Crippen LogP contribution in [-0.4, -0.2) is 19.3 Å². The van der Waals surface area contributed by atoms with Crippen molar-refractivity contribution in [3.63, 3.8) is 0 Å². The zero-order chi connectivity index (χ0) is 11.2. The van der Waals surface area contributed by atoms with E-state index in [2.05, 4.69) is 10.1 Å². The minimum Gasteiger partial charge on any atom is -0.299 e. The normalized spacial score (nSPS) is 11.5. The Labute approximate surface area is 87.4 Å². The summed E-state index contributed by atoms with van der Waals surface area (Å²) in [6.45, 7) is 5.85. The molecule has 0 fully saturated rings. The summed E-state index contributed by atoms with van der Waals surface area (Å²) in [4.78, 5) is 16.2. The Morgan fingerprint density at radius 1 is 1.40 bits per heavy atom. The van der Waals surface area contributed by atoms with E-state index in [9.17, 15) is 4.79 Å². The molecule has 2 rings (SSSR count). The molecular weight excluding hydrogens is 192 g/mol. The molecule has 2 aromatic rings. The standard InChI is InChI=1S/C10H14N4O/c1-6(2)14-9-8(5-11-14)10(15)13(4)7(3)12-9/h5-6H,1-4H3. The smallest absolute Gasteiger partial charge is 0.264 e. The third-order valence-corrected chi connectivity index (χ3v) is 2.55. The predicted octanol–water partition coefficient (Wildman–Crippen LogP) is 1.02. The van der Waals surface area contributed by atoms with Crippen LogP contribution < -0.4 is 5.56 Å². The van der Waals surface area contributed by atoms with Crippen LogP contribution in [0.5, 0.6) is 0 Å². The molecule has 0 spiro atoms. The fourth-order valence-corrected chi connectivity index (χ4v) is 1.55. The van der Waals surface area contributed by atoms with Gasteiger partial charge in [0.25, 0.3) is 5.56 Å². The van der Waals surface area contributed by atoms with Crippen LogP contribution >= 0.6 is 0 Å². The number of aryl methyl sites for hydroxylation is 1. The van der Waals surface area contributed by atoms with Gasteiger partial charge in [0.15, 0.2) is 5.65 Å². The largest absolute Gasteiger partial charge is 0.299 e. The molecule has 0 atom stereocenters. The van der Waals surface area contributed by atoms with Crippen LogP contribution in [0, 0.1) is 6.92 Å². The van der Waals surface area contributed by atoms with Crippen molar-refractivity contribution in [1.82, 2.24) is 19.3 Å². The molecule has 0 aromatic carbocycles. The monoisotopic (exact) mass is 206 g/mol. The summed E-state index contributed by atoms with van der Waals surface area (Å²) >= 11 is 0. The maximum atomic E-state index is 11.9. The zero-order valence-electron chi connectivity index (χ0n) is 9.35. The van der Waals surface area contributed by atoms with E-state index in [1.807, 2.05) is 20.8 Å². The van der Waals surface area contributed by atoms with E-state index < -0.39 is 0 Å². The fraction of sp³-hybridized carbons (Fsp3) is 0.500. The molecule has 0 N–H and O–H groups in total. The summed E-state index contributed by atoms with van der Waals surface area (Å²) in [5.74, 6) is 0.704. The van der Waals surface area contributed by atoms with Crippen LogP contribution in [0.4, 0.5) is 0 Å². The molecule has 0 radical (unpaired) electrons. The molecule has 5 nitrogen and oxygen atoms in total. The number of nitrogens with zero attached hydrogens (tertiary/aromatic N) is 4. The SMILES string of the molecule is Cc1nc2c(cnn2C(C)C)c(=O)n1C. The van der Waals surface area contributed by atoms with E-state index >= 15 is 0 Å². The van der Waals surface area contributed by atoms with Crippen LogP contribution in [-0.2, 0) is 7.05 Å². The molecule has 0 unspecified atom stereocenters. The second-order valence-corrected chi connectivity index (χ2v) is 3.94. The van der Waals surface area contributed by atoms with Gasteiger partial charge in [-0.3, -0.25) is 9.36 Å². The first-order valence-electron chi connectivity index (χ1n) is 4.93. The number of aromatic nitrogens is 4. The van der Waals surface area contributed by atoms with Gasteiger partial charge < -0.3 is 0 Å². The molecule has 2 heterocycles. The molecule has 2 aromatic heterocycles. The molecule has 0 saturated carbocycles. The van der Waals surface area contributed by atoms with Crippen molar-refractivity contribution in [2.24, 2.45) is 7.05 Å². The lowest BCUT2D eigenvalue weighted by Gasteiger charge is -2.07. The minimum absolute atomic E-state index is 0.0376. The Morgan fingerprint density at radius 3 is 2.67 bits per heavy atom. The molecule has 80 valence electrons. The first-order chi connectivity index (χ1) is 7.02. The average molecular weight is 206 g/mol. The van der Waals surface area contributed by atoms with Gasteiger partial charge in [-0.1, -0.05) is 0 Å². The topological polar surface area (TPSA) is 52.7 Å². The van der Waals surface area contributed by atoms with Gasteiger partial charge in [0.2, 0.25) is 0 Å². The van der Waals surface area contributed by atoms with Crippen LogP contribution in [0.25, 0.3) is 11.0 Å². The van der Waals surface area contributed by atoms with Crippen molar-refractivity contribution < 1.29 is 0 Å². The van der Waals surface area contributed by atoms with Gasteiger partial charge >= 0.3 is 0 Å². The lowest BCUT2D eigenvalue weighted by molar-refractivity contribution is 0.545. The first-order valence-corrected chi connectivity index (χ1v) is 4.93. The Bertz CT molecular complexity index is 565. The van der Waals surface area contributed by atoms with Crippen molar-refractivity contribution in [2.45, 2.75) is 26.8 Å². The third-order valence-electron chi connectivity index (χ3n) is 2.55. The second kappa shape index (κ2) is 3.18. The summed E-state index contributed by atoms with van der Waals surface area (Å²) in [5, 5.41) is 4.76. The van der Waals surface area contributed by atoms with Crippen LogP contribution in [0.3, 0.4) is 0 Å². The van der Waals surface area contributed by atoms with E-state index in [1.54, 1.807) is 17.9 Å². The van der Waals surface area contributed by atoms with Gasteiger partial charge in [0, 0.05) is 13.1 Å². The highest BCUT2D eigenvalue weighted by molar-refractivity contribution is 5.73. The lowest BCUT2D eigenvalue weighted by atomic mass is 10.3. The van der Waals surface area contributed by atoms with Gasteiger partial charge in [0.1, 0.15) is 11.2 Å². The number of hydrogen-bond acceptors (Lipinski definition) is 3. The van der Waals surface area contributed by atoms with Crippen molar-refractivity contribution >= 4 is 11.0 Å². The Hall–Kier alpha value is -1.65. The van der Waals surface area contributed by atoms with Gasteiger partial charge in [0.05, 0.1) is 6.20 Å². The average Bonchev–Trinajstić information content (AvgIpc) is 2.58. The summed E-state index contributed by atoms with van der Waals surface area (Å²) in [7, 11) is 1.72. The lowest BCUT2D eigenvalue weighted by Crippen LogP contribution is -2.20. The molecule has 15 heavy (non-hydrogen) atoms.